The first-order valence-electron chi connectivity index (χ1n) is 14.9. The maximum atomic E-state index is 15.0. The minimum Gasteiger partial charge on any atom is -0.490 e. The molecule has 242 valence electrons. The Labute approximate surface area is 262 Å². The predicted molar refractivity (Wildman–Crippen MR) is 165 cm³/mol. The van der Waals surface area contributed by atoms with E-state index in [1.54, 1.807) is 65.0 Å². The zero-order valence-electron chi connectivity index (χ0n) is 26.4. The van der Waals surface area contributed by atoms with Crippen LogP contribution in [0.1, 0.15) is 60.3 Å². The molecule has 0 N–H and O–H groups in total. The van der Waals surface area contributed by atoms with E-state index in [1.165, 1.54) is 24.3 Å². The summed E-state index contributed by atoms with van der Waals surface area (Å²) in [5, 5.41) is 0. The number of esters is 3. The first-order valence-corrected chi connectivity index (χ1v) is 14.9. The van der Waals surface area contributed by atoms with Crippen LogP contribution in [0.2, 0.25) is 0 Å². The third-order valence-electron chi connectivity index (χ3n) is 6.46. The van der Waals surface area contributed by atoms with E-state index >= 15 is 8.78 Å². The zero-order chi connectivity index (χ0) is 33.0. The van der Waals surface area contributed by atoms with Crippen LogP contribution in [-0.2, 0) is 23.9 Å². The Morgan fingerprint density at radius 1 is 0.622 bits per heavy atom. The van der Waals surface area contributed by atoms with Crippen LogP contribution in [0.15, 0.2) is 54.6 Å². The van der Waals surface area contributed by atoms with Crippen LogP contribution >= 0.6 is 0 Å². The van der Waals surface area contributed by atoms with Gasteiger partial charge in [0.1, 0.15) is 5.75 Å². The maximum absolute atomic E-state index is 15.0. The van der Waals surface area contributed by atoms with Gasteiger partial charge in [-0.25, -0.2) is 8.78 Å². The minimum absolute atomic E-state index is 0.0392. The second-order valence-corrected chi connectivity index (χ2v) is 11.2. The lowest BCUT2D eigenvalue weighted by molar-refractivity contribution is -0.144. The largest absolute Gasteiger partial charge is 0.490 e. The van der Waals surface area contributed by atoms with Crippen LogP contribution in [-0.4, -0.2) is 44.3 Å². The number of rotatable bonds is 15. The first-order chi connectivity index (χ1) is 21.4. The quantitative estimate of drug-likeness (QED) is 0.0962. The highest BCUT2D eigenvalue weighted by Gasteiger charge is 2.24. The van der Waals surface area contributed by atoms with Crippen LogP contribution < -0.4 is 14.2 Å². The molecule has 0 saturated carbocycles. The number of ether oxygens (including phenoxy) is 5. The molecule has 3 rings (SSSR count). The lowest BCUT2D eigenvalue weighted by Gasteiger charge is -2.18. The number of hydrogen-bond acceptors (Lipinski definition) is 8. The van der Waals surface area contributed by atoms with Gasteiger partial charge >= 0.3 is 17.9 Å². The van der Waals surface area contributed by atoms with Gasteiger partial charge in [-0.15, -0.1) is 0 Å². The standard InChI is InChI=1S/C35H40F2O8/c1-6-32(38)43-16-8-14-41-30-12-10-23(21-28(30)36)25-18-26(20-27(19-25)45-34(40)35(3,4)5)24-11-13-31(29(37)22-24)42-15-9-17-44-33(39)7-2/h10-13,18-22H,6-9,14-17H2,1-5H3. The van der Waals surface area contributed by atoms with Gasteiger partial charge in [0.2, 0.25) is 0 Å². The zero-order valence-corrected chi connectivity index (χ0v) is 26.4. The van der Waals surface area contributed by atoms with Crippen molar-refractivity contribution in [2.45, 2.75) is 60.3 Å². The van der Waals surface area contributed by atoms with E-state index in [-0.39, 0.29) is 68.5 Å². The molecule has 0 bridgehead atoms. The molecule has 0 amide bonds. The molecule has 0 aliphatic rings. The average molecular weight is 627 g/mol. The minimum atomic E-state index is -0.782. The Kier molecular flexibility index (Phi) is 12.9. The number of hydrogen-bond donors (Lipinski definition) is 0. The van der Waals surface area contributed by atoms with Gasteiger partial charge in [-0.2, -0.15) is 0 Å². The molecule has 0 aliphatic heterocycles. The second-order valence-electron chi connectivity index (χ2n) is 11.2. The Morgan fingerprint density at radius 3 is 1.44 bits per heavy atom. The molecule has 3 aromatic rings. The molecule has 0 heterocycles. The SMILES string of the molecule is CCC(=O)OCCCOc1ccc(-c2cc(OC(=O)C(C)(C)C)cc(-c3ccc(OCCCOC(=O)CC)c(F)c3)c2)cc1F. The van der Waals surface area contributed by atoms with Crippen LogP contribution in [0.25, 0.3) is 22.3 Å². The number of halogens is 2. The number of benzene rings is 3. The van der Waals surface area contributed by atoms with Gasteiger partial charge in [0.25, 0.3) is 0 Å². The normalized spacial score (nSPS) is 11.1. The fraction of sp³-hybridized carbons (Fsp3) is 0.400. The van der Waals surface area contributed by atoms with E-state index in [0.29, 0.717) is 35.1 Å². The smallest absolute Gasteiger partial charge is 0.316 e. The lowest BCUT2D eigenvalue weighted by atomic mass is 9.96. The van der Waals surface area contributed by atoms with Gasteiger partial charge in [0.15, 0.2) is 23.1 Å². The highest BCUT2D eigenvalue weighted by atomic mass is 19.1. The Bertz CT molecular complexity index is 1390. The van der Waals surface area contributed by atoms with Crippen LogP contribution in [0.3, 0.4) is 0 Å². The fourth-order valence-electron chi connectivity index (χ4n) is 3.90. The van der Waals surface area contributed by atoms with Crippen molar-refractivity contribution >= 4 is 17.9 Å². The monoisotopic (exact) mass is 626 g/mol. The van der Waals surface area contributed by atoms with Crippen molar-refractivity contribution in [1.82, 2.24) is 0 Å². The third kappa shape index (κ3) is 10.9. The number of carbonyl (C=O) groups excluding carboxylic acids is 3. The molecule has 0 radical (unpaired) electrons. The van der Waals surface area contributed by atoms with E-state index in [1.807, 2.05) is 0 Å². The van der Waals surface area contributed by atoms with Gasteiger partial charge in [0, 0.05) is 25.7 Å². The van der Waals surface area contributed by atoms with Crippen molar-refractivity contribution in [3.63, 3.8) is 0 Å². The molecule has 0 unspecified atom stereocenters. The van der Waals surface area contributed by atoms with Crippen LogP contribution in [0.4, 0.5) is 8.78 Å². The van der Waals surface area contributed by atoms with E-state index in [9.17, 15) is 14.4 Å². The average Bonchev–Trinajstić information content (AvgIpc) is 3.01. The molecule has 0 saturated heterocycles. The Morgan fingerprint density at radius 2 is 1.07 bits per heavy atom. The van der Waals surface area contributed by atoms with E-state index in [2.05, 4.69) is 0 Å². The van der Waals surface area contributed by atoms with Crippen molar-refractivity contribution in [1.29, 1.82) is 0 Å². The van der Waals surface area contributed by atoms with Crippen molar-refractivity contribution in [3.05, 3.63) is 66.2 Å². The van der Waals surface area contributed by atoms with E-state index in [4.69, 9.17) is 23.7 Å². The molecule has 0 aromatic heterocycles. The van der Waals surface area contributed by atoms with Crippen molar-refractivity contribution in [2.75, 3.05) is 26.4 Å². The summed E-state index contributed by atoms with van der Waals surface area (Å²) in [6.45, 7) is 9.26. The van der Waals surface area contributed by atoms with E-state index in [0.717, 1.165) is 0 Å². The number of carbonyl (C=O) groups is 3. The summed E-state index contributed by atoms with van der Waals surface area (Å²) in [4.78, 5) is 35.2. The van der Waals surface area contributed by atoms with Gasteiger partial charge in [-0.1, -0.05) is 26.0 Å². The van der Waals surface area contributed by atoms with Gasteiger partial charge in [-0.05, 0) is 85.5 Å². The maximum Gasteiger partial charge on any atom is 0.316 e. The molecule has 8 nitrogen and oxygen atoms in total. The summed E-state index contributed by atoms with van der Waals surface area (Å²) in [5.41, 5.74) is 1.24. The van der Waals surface area contributed by atoms with Crippen molar-refractivity contribution in [3.8, 4) is 39.5 Å². The highest BCUT2D eigenvalue weighted by Crippen LogP contribution is 2.35. The molecule has 0 spiro atoms. The van der Waals surface area contributed by atoms with E-state index < -0.39 is 23.0 Å². The molecule has 10 heteroatoms. The third-order valence-corrected chi connectivity index (χ3v) is 6.46. The van der Waals surface area contributed by atoms with Crippen molar-refractivity contribution < 1.29 is 46.8 Å². The van der Waals surface area contributed by atoms with Crippen LogP contribution in [0, 0.1) is 17.0 Å². The predicted octanol–water partition coefficient (Wildman–Crippen LogP) is 7.69. The fourth-order valence-corrected chi connectivity index (χ4v) is 3.90. The molecule has 3 aromatic carbocycles. The molecule has 0 atom stereocenters. The van der Waals surface area contributed by atoms with Crippen molar-refractivity contribution in [2.24, 2.45) is 5.41 Å². The summed E-state index contributed by atoms with van der Waals surface area (Å²) in [7, 11) is 0. The van der Waals surface area contributed by atoms with Gasteiger partial charge < -0.3 is 23.7 Å². The first kappa shape index (κ1) is 35.0. The Hall–Kier alpha value is -4.47. The molecule has 0 aliphatic carbocycles. The van der Waals surface area contributed by atoms with Gasteiger partial charge in [-0.3, -0.25) is 14.4 Å². The highest BCUT2D eigenvalue weighted by molar-refractivity contribution is 5.81. The lowest BCUT2D eigenvalue weighted by Crippen LogP contribution is -2.25. The molecular formula is C35H40F2O8. The summed E-state index contributed by atoms with van der Waals surface area (Å²) in [6.07, 6.45) is 1.38. The molecular weight excluding hydrogens is 586 g/mol. The summed E-state index contributed by atoms with van der Waals surface area (Å²) in [6, 6.07) is 13.9. The summed E-state index contributed by atoms with van der Waals surface area (Å²) >= 11 is 0. The van der Waals surface area contributed by atoms with Crippen LogP contribution in [0.5, 0.6) is 17.2 Å². The Balaban J connectivity index is 1.82. The molecule has 0 fully saturated rings. The second kappa shape index (κ2) is 16.6. The summed E-state index contributed by atoms with van der Waals surface area (Å²) in [5.74, 6) is -2.00. The van der Waals surface area contributed by atoms with Gasteiger partial charge in [0.05, 0.1) is 31.8 Å². The summed E-state index contributed by atoms with van der Waals surface area (Å²) < 4.78 is 56.8. The topological polar surface area (TPSA) is 97.4 Å². The molecule has 45 heavy (non-hydrogen) atoms.